The van der Waals surface area contributed by atoms with Gasteiger partial charge in [-0.1, -0.05) is 6.07 Å². The predicted molar refractivity (Wildman–Crippen MR) is 97.2 cm³/mol. The minimum Gasteiger partial charge on any atom is -0.373 e. The molecule has 3 rings (SSSR count). The number of amides is 1. The van der Waals surface area contributed by atoms with Crippen LogP contribution in [-0.2, 0) is 16.1 Å². The van der Waals surface area contributed by atoms with E-state index in [4.69, 9.17) is 4.74 Å². The van der Waals surface area contributed by atoms with Gasteiger partial charge in [-0.05, 0) is 51.0 Å². The number of carbonyl (C=O) groups is 1. The van der Waals surface area contributed by atoms with E-state index >= 15 is 0 Å². The van der Waals surface area contributed by atoms with Crippen LogP contribution < -0.4 is 0 Å². The average molecular weight is 346 g/mol. The van der Waals surface area contributed by atoms with Gasteiger partial charge < -0.3 is 14.5 Å². The smallest absolute Gasteiger partial charge is 0.236 e. The summed E-state index contributed by atoms with van der Waals surface area (Å²) >= 11 is 0. The number of likely N-dealkylation sites (N-methyl/N-ethyl adjacent to an activating group) is 1. The van der Waals surface area contributed by atoms with Crippen LogP contribution in [0.4, 0.5) is 0 Å². The topological polar surface area (TPSA) is 48.9 Å². The molecule has 6 nitrogen and oxygen atoms in total. The lowest BCUT2D eigenvalue weighted by atomic mass is 10.1. The molecule has 2 saturated heterocycles. The summed E-state index contributed by atoms with van der Waals surface area (Å²) in [6, 6.07) is 3.96. The molecule has 0 saturated carbocycles. The number of hydrogen-bond acceptors (Lipinski definition) is 5. The Kier molecular flexibility index (Phi) is 6.78. The van der Waals surface area contributed by atoms with Crippen molar-refractivity contribution in [2.24, 2.45) is 0 Å². The second-order valence-corrected chi connectivity index (χ2v) is 7.19. The fourth-order valence-electron chi connectivity index (χ4n) is 3.52. The first-order valence-electron chi connectivity index (χ1n) is 9.40. The number of aromatic nitrogens is 1. The Bertz CT molecular complexity index is 531. The van der Waals surface area contributed by atoms with Crippen molar-refractivity contribution in [2.45, 2.75) is 32.0 Å². The Morgan fingerprint density at radius 1 is 1.20 bits per heavy atom. The summed E-state index contributed by atoms with van der Waals surface area (Å²) < 4.78 is 5.98. The fourth-order valence-corrected chi connectivity index (χ4v) is 3.52. The molecule has 0 bridgehead atoms. The van der Waals surface area contributed by atoms with Crippen molar-refractivity contribution in [2.75, 3.05) is 52.9 Å². The van der Waals surface area contributed by atoms with Crippen molar-refractivity contribution in [3.63, 3.8) is 0 Å². The van der Waals surface area contributed by atoms with Gasteiger partial charge in [-0.25, -0.2) is 0 Å². The SMILES string of the molecule is CN1CCCN(CC(=O)N2CCC(OCc3cccnc3)CC2)CC1. The molecule has 25 heavy (non-hydrogen) atoms. The number of hydrogen-bond donors (Lipinski definition) is 0. The van der Waals surface area contributed by atoms with Gasteiger partial charge in [0, 0.05) is 38.6 Å². The first kappa shape index (κ1) is 18.3. The molecule has 1 amide bonds. The average Bonchev–Trinajstić information content (AvgIpc) is 2.85. The Morgan fingerprint density at radius 2 is 2.04 bits per heavy atom. The van der Waals surface area contributed by atoms with E-state index in [0.717, 1.165) is 64.1 Å². The van der Waals surface area contributed by atoms with E-state index in [9.17, 15) is 4.79 Å². The molecule has 0 N–H and O–H groups in total. The summed E-state index contributed by atoms with van der Waals surface area (Å²) in [7, 11) is 2.15. The van der Waals surface area contributed by atoms with E-state index < -0.39 is 0 Å². The lowest BCUT2D eigenvalue weighted by Crippen LogP contribution is -2.46. The van der Waals surface area contributed by atoms with E-state index in [2.05, 4.69) is 21.8 Å². The zero-order valence-corrected chi connectivity index (χ0v) is 15.3. The zero-order chi connectivity index (χ0) is 17.5. The highest BCUT2D eigenvalue weighted by Gasteiger charge is 2.25. The molecule has 6 heteroatoms. The van der Waals surface area contributed by atoms with Crippen molar-refractivity contribution in [3.05, 3.63) is 30.1 Å². The highest BCUT2D eigenvalue weighted by atomic mass is 16.5. The van der Waals surface area contributed by atoms with Crippen LogP contribution in [0.15, 0.2) is 24.5 Å². The Balaban J connectivity index is 1.37. The molecule has 0 aromatic carbocycles. The van der Waals surface area contributed by atoms with E-state index in [1.54, 1.807) is 6.20 Å². The maximum atomic E-state index is 12.6. The second kappa shape index (κ2) is 9.27. The van der Waals surface area contributed by atoms with Crippen LogP contribution in [0.1, 0.15) is 24.8 Å². The number of ether oxygens (including phenoxy) is 1. The molecule has 2 aliphatic heterocycles. The zero-order valence-electron chi connectivity index (χ0n) is 15.3. The third-order valence-corrected chi connectivity index (χ3v) is 5.17. The van der Waals surface area contributed by atoms with Crippen LogP contribution in [0.5, 0.6) is 0 Å². The summed E-state index contributed by atoms with van der Waals surface area (Å²) in [6.45, 7) is 6.99. The Hall–Kier alpha value is -1.50. The van der Waals surface area contributed by atoms with Gasteiger partial charge in [-0.2, -0.15) is 0 Å². The standard InChI is InChI=1S/C19H30N4O2/c1-21-8-3-9-22(13-12-21)15-19(24)23-10-5-18(6-11-23)25-16-17-4-2-7-20-14-17/h2,4,7,14,18H,3,5-6,8-13,15-16H2,1H3. The molecule has 0 spiro atoms. The summed E-state index contributed by atoms with van der Waals surface area (Å²) in [5, 5.41) is 0. The number of rotatable bonds is 5. The number of carbonyl (C=O) groups excluding carboxylic acids is 1. The summed E-state index contributed by atoms with van der Waals surface area (Å²) in [5.74, 6) is 0.273. The molecule has 2 fully saturated rings. The molecule has 0 radical (unpaired) electrons. The van der Waals surface area contributed by atoms with Crippen LogP contribution >= 0.6 is 0 Å². The summed E-state index contributed by atoms with van der Waals surface area (Å²) in [4.78, 5) is 23.3. The second-order valence-electron chi connectivity index (χ2n) is 7.19. The highest BCUT2D eigenvalue weighted by Crippen LogP contribution is 2.16. The number of piperidine rings is 1. The number of nitrogens with zero attached hydrogens (tertiary/aromatic N) is 4. The molecule has 0 unspecified atom stereocenters. The lowest BCUT2D eigenvalue weighted by molar-refractivity contribution is -0.135. The maximum absolute atomic E-state index is 12.6. The van der Waals surface area contributed by atoms with Crippen molar-refractivity contribution in [3.8, 4) is 0 Å². The number of pyridine rings is 1. The maximum Gasteiger partial charge on any atom is 0.236 e. The monoisotopic (exact) mass is 346 g/mol. The van der Waals surface area contributed by atoms with E-state index in [0.29, 0.717) is 13.2 Å². The molecule has 138 valence electrons. The molecular weight excluding hydrogens is 316 g/mol. The molecule has 3 heterocycles. The van der Waals surface area contributed by atoms with Gasteiger partial charge >= 0.3 is 0 Å². The summed E-state index contributed by atoms with van der Waals surface area (Å²) in [6.07, 6.45) is 6.86. The largest absolute Gasteiger partial charge is 0.373 e. The van der Waals surface area contributed by atoms with Crippen molar-refractivity contribution >= 4 is 5.91 Å². The molecular formula is C19H30N4O2. The first-order chi connectivity index (χ1) is 12.2. The van der Waals surface area contributed by atoms with Gasteiger partial charge in [0.05, 0.1) is 19.3 Å². The predicted octanol–water partition coefficient (Wildman–Crippen LogP) is 1.23. The van der Waals surface area contributed by atoms with Crippen molar-refractivity contribution < 1.29 is 9.53 Å². The minimum absolute atomic E-state index is 0.246. The Labute approximate surface area is 150 Å². The third-order valence-electron chi connectivity index (χ3n) is 5.17. The van der Waals surface area contributed by atoms with Crippen LogP contribution in [0.2, 0.25) is 0 Å². The highest BCUT2D eigenvalue weighted by molar-refractivity contribution is 5.78. The molecule has 1 aromatic heterocycles. The fraction of sp³-hybridized carbons (Fsp3) is 0.684. The quantitative estimate of drug-likeness (QED) is 0.803. The molecule has 2 aliphatic rings. The van der Waals surface area contributed by atoms with Gasteiger partial charge in [0.15, 0.2) is 0 Å². The minimum atomic E-state index is 0.246. The normalized spacial score (nSPS) is 21.2. The van der Waals surface area contributed by atoms with Gasteiger partial charge in [0.25, 0.3) is 0 Å². The molecule has 0 aliphatic carbocycles. The third kappa shape index (κ3) is 5.76. The molecule has 0 atom stereocenters. The lowest BCUT2D eigenvalue weighted by Gasteiger charge is -2.33. The summed E-state index contributed by atoms with van der Waals surface area (Å²) in [5.41, 5.74) is 1.10. The molecule has 1 aromatic rings. The van der Waals surface area contributed by atoms with Crippen LogP contribution in [-0.4, -0.2) is 84.6 Å². The van der Waals surface area contributed by atoms with Crippen molar-refractivity contribution in [1.29, 1.82) is 0 Å². The van der Waals surface area contributed by atoms with Gasteiger partial charge in [-0.3, -0.25) is 14.7 Å². The van der Waals surface area contributed by atoms with Crippen molar-refractivity contribution in [1.82, 2.24) is 19.7 Å². The van der Waals surface area contributed by atoms with Crippen LogP contribution in [0.25, 0.3) is 0 Å². The van der Waals surface area contributed by atoms with E-state index in [1.165, 1.54) is 0 Å². The first-order valence-corrected chi connectivity index (χ1v) is 9.40. The van der Waals surface area contributed by atoms with Crippen LogP contribution in [0.3, 0.4) is 0 Å². The van der Waals surface area contributed by atoms with Crippen LogP contribution in [0, 0.1) is 0 Å². The van der Waals surface area contributed by atoms with Gasteiger partial charge in [-0.15, -0.1) is 0 Å². The van der Waals surface area contributed by atoms with Gasteiger partial charge in [0.2, 0.25) is 5.91 Å². The van der Waals surface area contributed by atoms with E-state index in [-0.39, 0.29) is 12.0 Å². The van der Waals surface area contributed by atoms with E-state index in [1.807, 2.05) is 23.2 Å². The Morgan fingerprint density at radius 3 is 2.80 bits per heavy atom. The van der Waals surface area contributed by atoms with Gasteiger partial charge in [0.1, 0.15) is 0 Å². The number of likely N-dealkylation sites (tertiary alicyclic amines) is 1.